The number of rotatable bonds is 6. The normalized spacial score (nSPS) is 17.1. The van der Waals surface area contributed by atoms with Gasteiger partial charge in [0.25, 0.3) is 0 Å². The minimum Gasteiger partial charge on any atom is -0.356 e. The zero-order chi connectivity index (χ0) is 14.8. The summed E-state index contributed by atoms with van der Waals surface area (Å²) in [6.45, 7) is 6.57. The molecule has 0 aromatic rings. The molecular weight excluding hydrogens is 252 g/mol. The highest BCUT2D eigenvalue weighted by molar-refractivity contribution is 5.80. The van der Waals surface area contributed by atoms with E-state index in [2.05, 4.69) is 34.8 Å². The maximum absolute atomic E-state index is 11.9. The fraction of sp³-hybridized carbons (Fsp3) is 0.867. The molecule has 1 amide bonds. The van der Waals surface area contributed by atoms with E-state index in [9.17, 15) is 4.79 Å². The number of guanidine groups is 1. The first-order valence-corrected chi connectivity index (χ1v) is 7.85. The molecule has 20 heavy (non-hydrogen) atoms. The molecule has 5 heteroatoms. The average molecular weight is 282 g/mol. The molecule has 1 saturated carbocycles. The summed E-state index contributed by atoms with van der Waals surface area (Å²) in [5.41, 5.74) is 0. The van der Waals surface area contributed by atoms with Crippen LogP contribution in [-0.2, 0) is 4.79 Å². The predicted molar refractivity (Wildman–Crippen MR) is 83.8 cm³/mol. The van der Waals surface area contributed by atoms with Crippen LogP contribution in [0.15, 0.2) is 4.99 Å². The second kappa shape index (κ2) is 9.61. The second-order valence-electron chi connectivity index (χ2n) is 5.90. The van der Waals surface area contributed by atoms with Crippen molar-refractivity contribution in [2.75, 3.05) is 26.7 Å². The lowest BCUT2D eigenvalue weighted by Gasteiger charge is -2.21. The average Bonchev–Trinajstić information content (AvgIpc) is 2.47. The van der Waals surface area contributed by atoms with Gasteiger partial charge in [-0.15, -0.1) is 0 Å². The molecule has 0 saturated heterocycles. The summed E-state index contributed by atoms with van der Waals surface area (Å²) in [5, 5.41) is 9.47. The van der Waals surface area contributed by atoms with Crippen molar-refractivity contribution in [2.24, 2.45) is 16.8 Å². The highest BCUT2D eigenvalue weighted by Gasteiger charge is 2.20. The van der Waals surface area contributed by atoms with Crippen molar-refractivity contribution in [3.63, 3.8) is 0 Å². The van der Waals surface area contributed by atoms with Crippen LogP contribution in [0.3, 0.4) is 0 Å². The van der Waals surface area contributed by atoms with Crippen molar-refractivity contribution in [1.29, 1.82) is 0 Å². The van der Waals surface area contributed by atoms with E-state index in [1.54, 1.807) is 7.05 Å². The molecule has 0 atom stereocenters. The lowest BCUT2D eigenvalue weighted by Crippen LogP contribution is -2.43. The molecule has 1 aliphatic carbocycles. The van der Waals surface area contributed by atoms with E-state index in [4.69, 9.17) is 0 Å². The molecule has 0 spiro atoms. The third kappa shape index (κ3) is 6.78. The molecule has 116 valence electrons. The Morgan fingerprint density at radius 2 is 1.75 bits per heavy atom. The Morgan fingerprint density at radius 3 is 2.35 bits per heavy atom. The molecule has 0 radical (unpaired) electrons. The third-order valence-corrected chi connectivity index (χ3v) is 3.59. The Morgan fingerprint density at radius 1 is 1.10 bits per heavy atom. The number of nitrogens with zero attached hydrogens (tertiary/aromatic N) is 1. The van der Waals surface area contributed by atoms with E-state index in [0.717, 1.165) is 25.3 Å². The van der Waals surface area contributed by atoms with E-state index >= 15 is 0 Å². The van der Waals surface area contributed by atoms with Gasteiger partial charge in [-0.3, -0.25) is 9.79 Å². The maximum Gasteiger partial charge on any atom is 0.223 e. The molecule has 1 rings (SSSR count). The molecule has 0 heterocycles. The first-order valence-electron chi connectivity index (χ1n) is 7.85. The van der Waals surface area contributed by atoms with Gasteiger partial charge >= 0.3 is 0 Å². The van der Waals surface area contributed by atoms with E-state index in [-0.39, 0.29) is 11.8 Å². The van der Waals surface area contributed by atoms with Crippen molar-refractivity contribution < 1.29 is 4.79 Å². The number of nitrogens with one attached hydrogen (secondary N) is 3. The fourth-order valence-electron chi connectivity index (χ4n) is 2.40. The van der Waals surface area contributed by atoms with Gasteiger partial charge in [0.1, 0.15) is 0 Å². The molecule has 0 bridgehead atoms. The third-order valence-electron chi connectivity index (χ3n) is 3.59. The zero-order valence-electron chi connectivity index (χ0n) is 13.2. The van der Waals surface area contributed by atoms with Crippen LogP contribution in [-0.4, -0.2) is 38.5 Å². The quantitative estimate of drug-likeness (QED) is 0.393. The highest BCUT2D eigenvalue weighted by atomic mass is 16.1. The van der Waals surface area contributed by atoms with Gasteiger partial charge in [-0.1, -0.05) is 33.1 Å². The Labute approximate surface area is 123 Å². The van der Waals surface area contributed by atoms with Gasteiger partial charge in [0.15, 0.2) is 5.96 Å². The Balaban J connectivity index is 2.12. The van der Waals surface area contributed by atoms with Crippen molar-refractivity contribution in [3.8, 4) is 0 Å². The zero-order valence-corrected chi connectivity index (χ0v) is 13.2. The van der Waals surface area contributed by atoms with Crippen LogP contribution in [0.1, 0.15) is 46.0 Å². The Bertz CT molecular complexity index is 309. The molecular formula is C15H30N4O. The van der Waals surface area contributed by atoms with Crippen LogP contribution in [0.5, 0.6) is 0 Å². The molecule has 3 N–H and O–H groups in total. The number of carbonyl (C=O) groups is 1. The number of amides is 1. The Hall–Kier alpha value is -1.26. The smallest absolute Gasteiger partial charge is 0.223 e. The van der Waals surface area contributed by atoms with Crippen molar-refractivity contribution in [1.82, 2.24) is 16.0 Å². The minimum atomic E-state index is 0.219. The van der Waals surface area contributed by atoms with E-state index in [1.807, 2.05) is 0 Å². The standard InChI is InChI=1S/C15H30N4O/c1-12(2)11-19-15(16-3)18-10-9-17-14(20)13-7-5-4-6-8-13/h12-13H,4-11H2,1-3H3,(H,17,20)(H2,16,18,19). The summed E-state index contributed by atoms with van der Waals surface area (Å²) in [6.07, 6.45) is 5.78. The van der Waals surface area contributed by atoms with Gasteiger partial charge in [0.05, 0.1) is 0 Å². The van der Waals surface area contributed by atoms with Crippen LogP contribution < -0.4 is 16.0 Å². The lowest BCUT2D eigenvalue weighted by molar-refractivity contribution is -0.125. The van der Waals surface area contributed by atoms with Crippen molar-refractivity contribution in [3.05, 3.63) is 0 Å². The van der Waals surface area contributed by atoms with Crippen molar-refractivity contribution >= 4 is 11.9 Å². The van der Waals surface area contributed by atoms with Crippen LogP contribution in [0.4, 0.5) is 0 Å². The molecule has 5 nitrogen and oxygen atoms in total. The molecule has 0 aliphatic heterocycles. The fourth-order valence-corrected chi connectivity index (χ4v) is 2.40. The van der Waals surface area contributed by atoms with Crippen LogP contribution in [0, 0.1) is 11.8 Å². The van der Waals surface area contributed by atoms with Gasteiger partial charge < -0.3 is 16.0 Å². The summed E-state index contributed by atoms with van der Waals surface area (Å²) in [4.78, 5) is 16.1. The van der Waals surface area contributed by atoms with Crippen LogP contribution in [0.25, 0.3) is 0 Å². The molecule has 0 unspecified atom stereocenters. The molecule has 1 aliphatic rings. The molecule has 0 aromatic heterocycles. The van der Waals surface area contributed by atoms with E-state index in [1.165, 1.54) is 19.3 Å². The van der Waals surface area contributed by atoms with Gasteiger partial charge in [-0.2, -0.15) is 0 Å². The number of aliphatic imine (C=N–C) groups is 1. The first-order chi connectivity index (χ1) is 9.63. The predicted octanol–water partition coefficient (Wildman–Crippen LogP) is 1.50. The summed E-state index contributed by atoms with van der Waals surface area (Å²) >= 11 is 0. The van der Waals surface area contributed by atoms with Gasteiger partial charge in [-0.25, -0.2) is 0 Å². The monoisotopic (exact) mass is 282 g/mol. The summed E-state index contributed by atoms with van der Waals surface area (Å²) < 4.78 is 0. The summed E-state index contributed by atoms with van der Waals surface area (Å²) in [5.74, 6) is 1.84. The highest BCUT2D eigenvalue weighted by Crippen LogP contribution is 2.23. The summed E-state index contributed by atoms with van der Waals surface area (Å²) in [7, 11) is 1.76. The van der Waals surface area contributed by atoms with Crippen LogP contribution >= 0.6 is 0 Å². The largest absolute Gasteiger partial charge is 0.356 e. The van der Waals surface area contributed by atoms with Gasteiger partial charge in [0.2, 0.25) is 5.91 Å². The Kier molecular flexibility index (Phi) is 8.07. The van der Waals surface area contributed by atoms with Gasteiger partial charge in [0, 0.05) is 32.6 Å². The summed E-state index contributed by atoms with van der Waals surface area (Å²) in [6, 6.07) is 0. The first kappa shape index (κ1) is 16.8. The van der Waals surface area contributed by atoms with Gasteiger partial charge in [-0.05, 0) is 18.8 Å². The number of hydrogen-bond acceptors (Lipinski definition) is 2. The lowest BCUT2D eigenvalue weighted by atomic mass is 9.89. The minimum absolute atomic E-state index is 0.219. The number of carbonyl (C=O) groups excluding carboxylic acids is 1. The van der Waals surface area contributed by atoms with Crippen molar-refractivity contribution in [2.45, 2.75) is 46.0 Å². The molecule has 0 aromatic carbocycles. The number of hydrogen-bond donors (Lipinski definition) is 3. The second-order valence-corrected chi connectivity index (χ2v) is 5.90. The molecule has 1 fully saturated rings. The topological polar surface area (TPSA) is 65.5 Å². The van der Waals surface area contributed by atoms with E-state index < -0.39 is 0 Å². The van der Waals surface area contributed by atoms with E-state index in [0.29, 0.717) is 19.0 Å². The maximum atomic E-state index is 11.9. The van der Waals surface area contributed by atoms with Crippen LogP contribution in [0.2, 0.25) is 0 Å². The SMILES string of the molecule is CN=C(NCCNC(=O)C1CCCCC1)NCC(C)C.